The number of nitrogens with zero attached hydrogens (tertiary/aromatic N) is 4. The summed E-state index contributed by atoms with van der Waals surface area (Å²) in [6.07, 6.45) is 3.94. The number of alkyl halides is 2. The lowest BCUT2D eigenvalue weighted by Crippen LogP contribution is -2.48. The molecule has 1 aliphatic carbocycles. The zero-order chi connectivity index (χ0) is 20.0. The van der Waals surface area contributed by atoms with Gasteiger partial charge < -0.3 is 9.80 Å². The number of aromatic nitrogens is 2. The van der Waals surface area contributed by atoms with E-state index in [1.165, 1.54) is 41.9 Å². The van der Waals surface area contributed by atoms with Gasteiger partial charge in [-0.1, -0.05) is 6.07 Å². The molecule has 0 spiro atoms. The Bertz CT molecular complexity index is 907. The maximum atomic E-state index is 12.8. The maximum absolute atomic E-state index is 12.8. The molecule has 1 fully saturated rings. The van der Waals surface area contributed by atoms with Crippen LogP contribution in [0.25, 0.3) is 0 Å². The monoisotopic (exact) mass is 398 g/mol. The summed E-state index contributed by atoms with van der Waals surface area (Å²) in [6, 6.07) is 5.45. The van der Waals surface area contributed by atoms with E-state index in [1.807, 2.05) is 9.80 Å². The zero-order valence-corrected chi connectivity index (χ0v) is 16.3. The fraction of sp³-hybridized carbons (Fsp3) is 0.500. The van der Waals surface area contributed by atoms with Gasteiger partial charge in [-0.05, 0) is 48.9 Å². The quantitative estimate of drug-likeness (QED) is 0.789. The van der Waals surface area contributed by atoms with Gasteiger partial charge in [0.1, 0.15) is 5.69 Å². The van der Waals surface area contributed by atoms with Crippen LogP contribution in [0.15, 0.2) is 24.4 Å². The maximum Gasteiger partial charge on any atom is 0.280 e. The fourth-order valence-electron chi connectivity index (χ4n) is 4.66. The van der Waals surface area contributed by atoms with E-state index in [9.17, 15) is 13.6 Å². The summed E-state index contributed by atoms with van der Waals surface area (Å²) < 4.78 is 25.7. The largest absolute Gasteiger partial charge is 0.371 e. The summed E-state index contributed by atoms with van der Waals surface area (Å²) >= 11 is 0. The fourth-order valence-corrected chi connectivity index (χ4v) is 4.66. The molecule has 0 aromatic carbocycles. The van der Waals surface area contributed by atoms with Crippen molar-refractivity contribution in [3.8, 4) is 0 Å². The van der Waals surface area contributed by atoms with Crippen LogP contribution in [0.2, 0.25) is 0 Å². The van der Waals surface area contributed by atoms with Crippen molar-refractivity contribution < 1.29 is 13.6 Å². The van der Waals surface area contributed by atoms with Crippen molar-refractivity contribution in [3.63, 3.8) is 0 Å². The number of amides is 1. The Kier molecular flexibility index (Phi) is 4.68. The molecule has 3 aliphatic rings. The van der Waals surface area contributed by atoms with E-state index >= 15 is 0 Å². The van der Waals surface area contributed by atoms with Crippen molar-refractivity contribution in [3.05, 3.63) is 52.6 Å². The molecule has 2 aromatic heterocycles. The van der Waals surface area contributed by atoms with Crippen molar-refractivity contribution in [2.24, 2.45) is 5.92 Å². The minimum atomic E-state index is -2.57. The van der Waals surface area contributed by atoms with Crippen LogP contribution in [0, 0.1) is 5.92 Å². The van der Waals surface area contributed by atoms with Crippen LogP contribution in [0.1, 0.15) is 53.9 Å². The van der Waals surface area contributed by atoms with Crippen molar-refractivity contribution in [2.45, 2.75) is 51.6 Å². The molecule has 7 heteroatoms. The Morgan fingerprint density at radius 2 is 1.93 bits per heavy atom. The van der Waals surface area contributed by atoms with Crippen molar-refractivity contribution >= 4 is 11.6 Å². The standard InChI is InChI=1S/C22H24F2N4O/c23-22(24)19-9-17(5-6-25-19)27-10-14(11-27)7-21(29)28-12-16-8-15-3-1-2-4-18(15)26-20(16)13-28/h5-6,8-9,14,22H,1-4,7,10-13H2. The molecule has 5 nitrogen and oxygen atoms in total. The first kappa shape index (κ1) is 18.5. The molecule has 0 saturated carbocycles. The normalized spacial score (nSPS) is 18.6. The summed E-state index contributed by atoms with van der Waals surface area (Å²) in [7, 11) is 0. The van der Waals surface area contributed by atoms with E-state index < -0.39 is 6.43 Å². The highest BCUT2D eigenvalue weighted by atomic mass is 19.3. The molecule has 2 aromatic rings. The highest BCUT2D eigenvalue weighted by molar-refractivity contribution is 5.77. The molecule has 0 atom stereocenters. The van der Waals surface area contributed by atoms with E-state index in [0.29, 0.717) is 32.6 Å². The van der Waals surface area contributed by atoms with Gasteiger partial charge in [-0.15, -0.1) is 0 Å². The number of anilines is 1. The first-order valence-electron chi connectivity index (χ1n) is 10.3. The highest BCUT2D eigenvalue weighted by Gasteiger charge is 2.33. The van der Waals surface area contributed by atoms with Gasteiger partial charge in [0.2, 0.25) is 5.91 Å². The predicted octanol–water partition coefficient (Wildman–Crippen LogP) is 3.66. The topological polar surface area (TPSA) is 49.3 Å². The van der Waals surface area contributed by atoms with E-state index in [1.54, 1.807) is 6.07 Å². The van der Waals surface area contributed by atoms with Crippen LogP contribution < -0.4 is 4.90 Å². The number of rotatable bonds is 4. The van der Waals surface area contributed by atoms with Crippen LogP contribution in [0.4, 0.5) is 14.5 Å². The van der Waals surface area contributed by atoms with Gasteiger partial charge in [-0.2, -0.15) is 0 Å². The second kappa shape index (κ2) is 7.35. The molecule has 0 unspecified atom stereocenters. The molecule has 4 heterocycles. The van der Waals surface area contributed by atoms with Crippen molar-refractivity contribution in [2.75, 3.05) is 18.0 Å². The number of hydrogen-bond donors (Lipinski definition) is 0. The lowest BCUT2D eigenvalue weighted by atomic mass is 9.94. The Morgan fingerprint density at radius 3 is 2.76 bits per heavy atom. The van der Waals surface area contributed by atoms with Crippen molar-refractivity contribution in [1.82, 2.24) is 14.9 Å². The highest BCUT2D eigenvalue weighted by Crippen LogP contribution is 2.31. The van der Waals surface area contributed by atoms with E-state index in [4.69, 9.17) is 4.98 Å². The van der Waals surface area contributed by atoms with Crippen LogP contribution >= 0.6 is 0 Å². The van der Waals surface area contributed by atoms with E-state index in [-0.39, 0.29) is 17.5 Å². The van der Waals surface area contributed by atoms with Gasteiger partial charge in [0, 0.05) is 49.6 Å². The molecule has 0 bridgehead atoms. The molecule has 0 radical (unpaired) electrons. The number of pyridine rings is 2. The molecule has 152 valence electrons. The second-order valence-corrected chi connectivity index (χ2v) is 8.37. The first-order chi connectivity index (χ1) is 14.1. The third-order valence-electron chi connectivity index (χ3n) is 6.30. The number of carbonyl (C=O) groups is 1. The Morgan fingerprint density at radius 1 is 1.10 bits per heavy atom. The van der Waals surface area contributed by atoms with Crippen LogP contribution in [0.3, 0.4) is 0 Å². The molecular formula is C22H24F2N4O. The average molecular weight is 398 g/mol. The first-order valence-corrected chi connectivity index (χ1v) is 10.3. The lowest BCUT2D eigenvalue weighted by molar-refractivity contribution is -0.133. The Labute approximate surface area is 168 Å². The van der Waals surface area contributed by atoms with Gasteiger partial charge >= 0.3 is 0 Å². The van der Waals surface area contributed by atoms with Gasteiger partial charge in [0.15, 0.2) is 0 Å². The lowest BCUT2D eigenvalue weighted by Gasteiger charge is -2.41. The second-order valence-electron chi connectivity index (χ2n) is 8.37. The number of aryl methyl sites for hydroxylation is 2. The minimum absolute atomic E-state index is 0.161. The summed E-state index contributed by atoms with van der Waals surface area (Å²) in [4.78, 5) is 25.3. The van der Waals surface area contributed by atoms with Gasteiger partial charge in [0.05, 0.1) is 12.2 Å². The van der Waals surface area contributed by atoms with E-state index in [2.05, 4.69) is 11.1 Å². The van der Waals surface area contributed by atoms with Gasteiger partial charge in [0.25, 0.3) is 6.43 Å². The van der Waals surface area contributed by atoms with Crippen LogP contribution in [-0.2, 0) is 30.7 Å². The zero-order valence-electron chi connectivity index (χ0n) is 16.3. The van der Waals surface area contributed by atoms with Gasteiger partial charge in [-0.25, -0.2) is 8.78 Å². The number of halogens is 2. The number of hydrogen-bond acceptors (Lipinski definition) is 4. The van der Waals surface area contributed by atoms with Crippen LogP contribution in [-0.4, -0.2) is 33.9 Å². The molecule has 5 rings (SSSR count). The Balaban J connectivity index is 1.17. The summed E-state index contributed by atoms with van der Waals surface area (Å²) in [5, 5.41) is 0. The minimum Gasteiger partial charge on any atom is -0.371 e. The molecular weight excluding hydrogens is 374 g/mol. The molecule has 0 N–H and O–H groups in total. The molecule has 1 saturated heterocycles. The molecule has 1 amide bonds. The number of carbonyl (C=O) groups excluding carboxylic acids is 1. The third-order valence-corrected chi connectivity index (χ3v) is 6.30. The summed E-state index contributed by atoms with van der Waals surface area (Å²) in [5.41, 5.74) is 5.39. The smallest absolute Gasteiger partial charge is 0.280 e. The van der Waals surface area contributed by atoms with Crippen LogP contribution in [0.5, 0.6) is 0 Å². The molecule has 29 heavy (non-hydrogen) atoms. The summed E-state index contributed by atoms with van der Waals surface area (Å²) in [5.74, 6) is 0.421. The van der Waals surface area contributed by atoms with Gasteiger partial charge in [-0.3, -0.25) is 14.8 Å². The number of fused-ring (bicyclic) bond motifs is 2. The Hall–Kier alpha value is -2.57. The SMILES string of the molecule is O=C(CC1CN(c2ccnc(C(F)F)c2)C1)N1Cc2cc3c(nc2C1)CCCC3. The predicted molar refractivity (Wildman–Crippen MR) is 105 cm³/mol. The summed E-state index contributed by atoms with van der Waals surface area (Å²) in [6.45, 7) is 2.70. The third kappa shape index (κ3) is 3.58. The average Bonchev–Trinajstić information content (AvgIpc) is 3.11. The van der Waals surface area contributed by atoms with Crippen molar-refractivity contribution in [1.29, 1.82) is 0 Å². The van der Waals surface area contributed by atoms with E-state index in [0.717, 1.165) is 24.2 Å². The molecule has 2 aliphatic heterocycles.